The van der Waals surface area contributed by atoms with Gasteiger partial charge in [-0.2, -0.15) is 0 Å². The van der Waals surface area contributed by atoms with E-state index in [4.69, 9.17) is 21.3 Å². The van der Waals surface area contributed by atoms with Crippen LogP contribution in [0.5, 0.6) is 5.75 Å². The Morgan fingerprint density at radius 3 is 2.48 bits per heavy atom. The van der Waals surface area contributed by atoms with Crippen LogP contribution in [0.15, 0.2) is 41.6 Å². The molecule has 0 saturated heterocycles. The van der Waals surface area contributed by atoms with Gasteiger partial charge in [-0.05, 0) is 49.4 Å². The van der Waals surface area contributed by atoms with Crippen LogP contribution in [0.1, 0.15) is 26.7 Å². The Hall–Kier alpha value is -1.85. The number of thioether (sulfide) groups is 1. The molecule has 0 aliphatic rings. The standard InChI is InChI=1S/C21H26ClN3OS/c1-5-11-24(12-6-2)21-20(27-4)23-19-17(8-7-13-25(19)21)16-10-9-15(26-3)14-18(16)22/h7-10,13-14H,5-6,11-12H2,1-4H3. The number of methoxy groups -OCH3 is 1. The van der Waals surface area contributed by atoms with Crippen molar-refractivity contribution in [3.05, 3.63) is 41.6 Å². The van der Waals surface area contributed by atoms with E-state index in [0.717, 1.165) is 53.5 Å². The zero-order chi connectivity index (χ0) is 19.4. The lowest BCUT2D eigenvalue weighted by Gasteiger charge is -2.24. The molecule has 2 heterocycles. The maximum atomic E-state index is 6.55. The molecule has 0 aliphatic heterocycles. The summed E-state index contributed by atoms with van der Waals surface area (Å²) >= 11 is 8.24. The second-order valence-electron chi connectivity index (χ2n) is 6.39. The summed E-state index contributed by atoms with van der Waals surface area (Å²) in [6, 6.07) is 9.92. The van der Waals surface area contributed by atoms with E-state index in [0.29, 0.717) is 5.02 Å². The van der Waals surface area contributed by atoms with Gasteiger partial charge in [0.15, 0.2) is 0 Å². The lowest BCUT2D eigenvalue weighted by atomic mass is 10.1. The summed E-state index contributed by atoms with van der Waals surface area (Å²) in [4.78, 5) is 7.41. The van der Waals surface area contributed by atoms with Gasteiger partial charge >= 0.3 is 0 Å². The van der Waals surface area contributed by atoms with Crippen molar-refractivity contribution in [1.29, 1.82) is 0 Å². The van der Waals surface area contributed by atoms with Gasteiger partial charge < -0.3 is 9.64 Å². The van der Waals surface area contributed by atoms with Crippen LogP contribution in [0.4, 0.5) is 5.82 Å². The van der Waals surface area contributed by atoms with Crippen LogP contribution in [-0.2, 0) is 0 Å². The number of nitrogens with zero attached hydrogens (tertiary/aromatic N) is 3. The van der Waals surface area contributed by atoms with Crippen LogP contribution in [0.3, 0.4) is 0 Å². The number of anilines is 1. The van der Waals surface area contributed by atoms with E-state index in [-0.39, 0.29) is 0 Å². The fourth-order valence-corrected chi connectivity index (χ4v) is 4.23. The molecule has 0 fully saturated rings. The molecule has 0 atom stereocenters. The SMILES string of the molecule is CCCN(CCC)c1c(SC)nc2c(-c3ccc(OC)cc3Cl)cccn12. The summed E-state index contributed by atoms with van der Waals surface area (Å²) in [7, 11) is 1.65. The number of hydrogen-bond donors (Lipinski definition) is 0. The Bertz CT molecular complexity index is 919. The summed E-state index contributed by atoms with van der Waals surface area (Å²) in [5, 5.41) is 1.71. The third-order valence-electron chi connectivity index (χ3n) is 4.54. The van der Waals surface area contributed by atoms with Gasteiger partial charge in [0.2, 0.25) is 0 Å². The quantitative estimate of drug-likeness (QED) is 0.430. The number of benzene rings is 1. The monoisotopic (exact) mass is 403 g/mol. The number of aromatic nitrogens is 2. The molecule has 0 amide bonds. The largest absolute Gasteiger partial charge is 0.497 e. The third-order valence-corrected chi connectivity index (χ3v) is 5.51. The average molecular weight is 404 g/mol. The fraction of sp³-hybridized carbons (Fsp3) is 0.381. The molecule has 3 aromatic rings. The molecule has 0 aliphatic carbocycles. The topological polar surface area (TPSA) is 29.8 Å². The van der Waals surface area contributed by atoms with Crippen LogP contribution in [-0.4, -0.2) is 35.8 Å². The predicted octanol–water partition coefficient (Wildman–Crippen LogP) is 6.01. The van der Waals surface area contributed by atoms with Crippen molar-refractivity contribution in [1.82, 2.24) is 9.38 Å². The number of rotatable bonds is 8. The Labute approximate surface area is 170 Å². The Morgan fingerprint density at radius 1 is 1.15 bits per heavy atom. The lowest BCUT2D eigenvalue weighted by Crippen LogP contribution is -2.26. The van der Waals surface area contributed by atoms with Crippen molar-refractivity contribution in [2.75, 3.05) is 31.4 Å². The second-order valence-corrected chi connectivity index (χ2v) is 7.60. The van der Waals surface area contributed by atoms with E-state index in [1.54, 1.807) is 18.9 Å². The van der Waals surface area contributed by atoms with Crippen LogP contribution >= 0.6 is 23.4 Å². The Kier molecular flexibility index (Phi) is 6.55. The molecule has 0 N–H and O–H groups in total. The molecule has 4 nitrogen and oxygen atoms in total. The van der Waals surface area contributed by atoms with Crippen LogP contribution in [0.25, 0.3) is 16.8 Å². The first kappa shape index (κ1) is 19.9. The molecule has 0 radical (unpaired) electrons. The number of ether oxygens (including phenoxy) is 1. The van der Waals surface area contributed by atoms with E-state index in [1.165, 1.54) is 5.82 Å². The van der Waals surface area contributed by atoms with Crippen LogP contribution in [0, 0.1) is 0 Å². The number of halogens is 1. The van der Waals surface area contributed by atoms with Gasteiger partial charge in [0, 0.05) is 30.4 Å². The summed E-state index contributed by atoms with van der Waals surface area (Å²) in [6.45, 7) is 6.46. The van der Waals surface area contributed by atoms with Gasteiger partial charge in [-0.25, -0.2) is 4.98 Å². The molecule has 27 heavy (non-hydrogen) atoms. The highest BCUT2D eigenvalue weighted by atomic mass is 35.5. The predicted molar refractivity (Wildman–Crippen MR) is 117 cm³/mol. The molecular formula is C21H26ClN3OS. The summed E-state index contributed by atoms with van der Waals surface area (Å²) in [6.07, 6.45) is 6.38. The fourth-order valence-electron chi connectivity index (χ4n) is 3.37. The Morgan fingerprint density at radius 2 is 1.89 bits per heavy atom. The van der Waals surface area contributed by atoms with E-state index >= 15 is 0 Å². The number of fused-ring (bicyclic) bond motifs is 1. The molecule has 0 bridgehead atoms. The van der Waals surface area contributed by atoms with Crippen molar-refractivity contribution in [3.8, 4) is 16.9 Å². The number of imidazole rings is 1. The first-order valence-corrected chi connectivity index (χ1v) is 10.9. The second kappa shape index (κ2) is 8.89. The van der Waals surface area contributed by atoms with Crippen molar-refractivity contribution in [2.24, 2.45) is 0 Å². The normalized spacial score (nSPS) is 11.1. The maximum absolute atomic E-state index is 6.55. The van der Waals surface area contributed by atoms with Crippen molar-refractivity contribution in [2.45, 2.75) is 31.7 Å². The lowest BCUT2D eigenvalue weighted by molar-refractivity contribution is 0.415. The van der Waals surface area contributed by atoms with Gasteiger partial charge in [-0.1, -0.05) is 25.4 Å². The summed E-state index contributed by atoms with van der Waals surface area (Å²) < 4.78 is 7.49. The van der Waals surface area contributed by atoms with Gasteiger partial charge in [-0.15, -0.1) is 11.8 Å². The molecule has 0 spiro atoms. The maximum Gasteiger partial charge on any atom is 0.147 e. The smallest absolute Gasteiger partial charge is 0.147 e. The average Bonchev–Trinajstić information content (AvgIpc) is 3.06. The first-order chi connectivity index (χ1) is 13.1. The zero-order valence-electron chi connectivity index (χ0n) is 16.3. The van der Waals surface area contributed by atoms with E-state index < -0.39 is 0 Å². The van der Waals surface area contributed by atoms with Gasteiger partial charge in [-0.3, -0.25) is 4.40 Å². The number of pyridine rings is 1. The third kappa shape index (κ3) is 3.90. The molecule has 3 rings (SSSR count). The summed E-state index contributed by atoms with van der Waals surface area (Å²) in [5.41, 5.74) is 2.92. The molecule has 6 heteroatoms. The minimum absolute atomic E-state index is 0.664. The van der Waals surface area contributed by atoms with Crippen molar-refractivity contribution in [3.63, 3.8) is 0 Å². The molecule has 1 aromatic carbocycles. The zero-order valence-corrected chi connectivity index (χ0v) is 17.9. The highest BCUT2D eigenvalue weighted by Crippen LogP contribution is 2.37. The minimum Gasteiger partial charge on any atom is -0.497 e. The van der Waals surface area contributed by atoms with Crippen LogP contribution < -0.4 is 9.64 Å². The van der Waals surface area contributed by atoms with Crippen molar-refractivity contribution < 1.29 is 4.74 Å². The molecule has 144 valence electrons. The van der Waals surface area contributed by atoms with Gasteiger partial charge in [0.1, 0.15) is 22.2 Å². The highest BCUT2D eigenvalue weighted by molar-refractivity contribution is 7.98. The highest BCUT2D eigenvalue weighted by Gasteiger charge is 2.20. The minimum atomic E-state index is 0.664. The first-order valence-electron chi connectivity index (χ1n) is 9.28. The van der Waals surface area contributed by atoms with E-state index in [9.17, 15) is 0 Å². The van der Waals surface area contributed by atoms with Crippen LogP contribution in [0.2, 0.25) is 5.02 Å². The van der Waals surface area contributed by atoms with E-state index in [1.807, 2.05) is 18.2 Å². The Balaban J connectivity index is 2.20. The summed E-state index contributed by atoms with van der Waals surface area (Å²) in [5.74, 6) is 1.93. The number of hydrogen-bond acceptors (Lipinski definition) is 4. The molecule has 2 aromatic heterocycles. The molecule has 0 unspecified atom stereocenters. The van der Waals surface area contributed by atoms with Gasteiger partial charge in [0.25, 0.3) is 0 Å². The van der Waals surface area contributed by atoms with Crippen molar-refractivity contribution >= 4 is 34.8 Å². The van der Waals surface area contributed by atoms with Gasteiger partial charge in [0.05, 0.1) is 12.1 Å². The van der Waals surface area contributed by atoms with E-state index in [2.05, 4.69) is 47.7 Å². The molecular weight excluding hydrogens is 378 g/mol. The molecule has 0 saturated carbocycles.